The van der Waals surface area contributed by atoms with Crippen LogP contribution in [0.5, 0.6) is 0 Å². The van der Waals surface area contributed by atoms with Gasteiger partial charge in [0.1, 0.15) is 0 Å². The number of hydrogen-bond donors (Lipinski definition) is 0. The second-order valence-electron chi connectivity index (χ2n) is 4.50. The van der Waals surface area contributed by atoms with E-state index in [1.54, 1.807) is 7.11 Å². The molecule has 0 amide bonds. The summed E-state index contributed by atoms with van der Waals surface area (Å²) in [6, 6.07) is 0. The van der Waals surface area contributed by atoms with Gasteiger partial charge in [-0.25, -0.2) is 0 Å². The van der Waals surface area contributed by atoms with E-state index >= 15 is 0 Å². The first kappa shape index (κ1) is 12.9. The van der Waals surface area contributed by atoms with E-state index in [1.807, 2.05) is 6.92 Å². The Labute approximate surface area is 82.6 Å². The lowest BCUT2D eigenvalue weighted by molar-refractivity contribution is 0.0530. The molecule has 0 rings (SSSR count). The highest BCUT2D eigenvalue weighted by molar-refractivity contribution is 4.73. The molecule has 0 aliphatic rings. The highest BCUT2D eigenvalue weighted by atomic mass is 16.5. The van der Waals surface area contributed by atoms with Crippen LogP contribution in [0.1, 0.15) is 34.1 Å². The monoisotopic (exact) mass is 188 g/mol. The summed E-state index contributed by atoms with van der Waals surface area (Å²) >= 11 is 0. The van der Waals surface area contributed by atoms with Crippen LogP contribution >= 0.6 is 0 Å². The van der Waals surface area contributed by atoms with Gasteiger partial charge in [-0.1, -0.05) is 20.8 Å². The van der Waals surface area contributed by atoms with Crippen molar-refractivity contribution in [3.8, 4) is 0 Å². The van der Waals surface area contributed by atoms with Gasteiger partial charge in [-0.05, 0) is 24.7 Å². The summed E-state index contributed by atoms with van der Waals surface area (Å²) < 4.78 is 10.6. The van der Waals surface area contributed by atoms with Crippen molar-refractivity contribution in [1.29, 1.82) is 0 Å². The van der Waals surface area contributed by atoms with Crippen LogP contribution in [0.3, 0.4) is 0 Å². The molecular formula is C11H24O2. The van der Waals surface area contributed by atoms with E-state index in [-0.39, 0.29) is 0 Å². The molecule has 0 saturated carbocycles. The minimum Gasteiger partial charge on any atom is -0.384 e. The highest BCUT2D eigenvalue weighted by Gasteiger charge is 2.23. The van der Waals surface area contributed by atoms with Crippen LogP contribution in [0.4, 0.5) is 0 Å². The fourth-order valence-electron chi connectivity index (χ4n) is 1.34. The summed E-state index contributed by atoms with van der Waals surface area (Å²) in [5.74, 6) is 0.587. The molecule has 0 radical (unpaired) electrons. The third-order valence-corrected chi connectivity index (χ3v) is 2.41. The summed E-state index contributed by atoms with van der Waals surface area (Å²) in [4.78, 5) is 0. The SMILES string of the molecule is CCOCCC(COC)C(C)(C)C. The van der Waals surface area contributed by atoms with Crippen molar-refractivity contribution in [3.63, 3.8) is 0 Å². The summed E-state index contributed by atoms with van der Waals surface area (Å²) in [5.41, 5.74) is 0.313. The van der Waals surface area contributed by atoms with E-state index in [0.29, 0.717) is 11.3 Å². The average Bonchev–Trinajstić information content (AvgIpc) is 2.01. The molecule has 2 nitrogen and oxygen atoms in total. The van der Waals surface area contributed by atoms with Crippen LogP contribution < -0.4 is 0 Å². The molecule has 2 heteroatoms. The van der Waals surface area contributed by atoms with Crippen molar-refractivity contribution >= 4 is 0 Å². The lowest BCUT2D eigenvalue weighted by atomic mass is 9.79. The molecule has 0 spiro atoms. The Morgan fingerprint density at radius 1 is 1.23 bits per heavy atom. The number of methoxy groups -OCH3 is 1. The molecule has 0 aromatic heterocycles. The van der Waals surface area contributed by atoms with Crippen molar-refractivity contribution in [2.45, 2.75) is 34.1 Å². The Kier molecular flexibility index (Phi) is 6.35. The molecule has 0 fully saturated rings. The highest BCUT2D eigenvalue weighted by Crippen LogP contribution is 2.28. The first-order valence-corrected chi connectivity index (χ1v) is 5.09. The molecule has 0 aliphatic carbocycles. The average molecular weight is 188 g/mol. The van der Waals surface area contributed by atoms with Crippen molar-refractivity contribution in [3.05, 3.63) is 0 Å². The first-order chi connectivity index (χ1) is 6.02. The maximum atomic E-state index is 5.35. The van der Waals surface area contributed by atoms with E-state index in [4.69, 9.17) is 9.47 Å². The molecule has 1 unspecified atom stereocenters. The molecule has 0 aromatic carbocycles. The zero-order valence-corrected chi connectivity index (χ0v) is 9.72. The lowest BCUT2D eigenvalue weighted by Crippen LogP contribution is -2.26. The molecule has 0 aliphatic heterocycles. The molecule has 0 heterocycles. The quantitative estimate of drug-likeness (QED) is 0.597. The van der Waals surface area contributed by atoms with E-state index in [2.05, 4.69) is 20.8 Å². The van der Waals surface area contributed by atoms with Gasteiger partial charge < -0.3 is 9.47 Å². The van der Waals surface area contributed by atoms with Crippen molar-refractivity contribution in [2.75, 3.05) is 26.9 Å². The van der Waals surface area contributed by atoms with Crippen LogP contribution in [0.25, 0.3) is 0 Å². The third-order valence-electron chi connectivity index (χ3n) is 2.41. The topological polar surface area (TPSA) is 18.5 Å². The Bertz CT molecular complexity index is 116. The van der Waals surface area contributed by atoms with Gasteiger partial charge in [-0.2, -0.15) is 0 Å². The van der Waals surface area contributed by atoms with Gasteiger partial charge in [-0.15, -0.1) is 0 Å². The Hall–Kier alpha value is -0.0800. The molecule has 0 bridgehead atoms. The fraction of sp³-hybridized carbons (Fsp3) is 1.00. The van der Waals surface area contributed by atoms with Gasteiger partial charge >= 0.3 is 0 Å². The zero-order valence-electron chi connectivity index (χ0n) is 9.72. The van der Waals surface area contributed by atoms with E-state index in [1.165, 1.54) is 0 Å². The van der Waals surface area contributed by atoms with E-state index in [9.17, 15) is 0 Å². The second kappa shape index (κ2) is 6.39. The standard InChI is InChI=1S/C11H24O2/c1-6-13-8-7-10(9-12-5)11(2,3)4/h10H,6-9H2,1-5H3. The minimum absolute atomic E-state index is 0.313. The van der Waals surface area contributed by atoms with Gasteiger partial charge in [-0.3, -0.25) is 0 Å². The Morgan fingerprint density at radius 3 is 2.23 bits per heavy atom. The zero-order chi connectivity index (χ0) is 10.3. The smallest absolute Gasteiger partial charge is 0.0496 e. The van der Waals surface area contributed by atoms with Gasteiger partial charge in [0.05, 0.1) is 0 Å². The maximum Gasteiger partial charge on any atom is 0.0496 e. The van der Waals surface area contributed by atoms with Crippen molar-refractivity contribution in [1.82, 2.24) is 0 Å². The van der Waals surface area contributed by atoms with Gasteiger partial charge in [0.25, 0.3) is 0 Å². The first-order valence-electron chi connectivity index (χ1n) is 5.09. The van der Waals surface area contributed by atoms with Crippen LogP contribution in [0.2, 0.25) is 0 Å². The predicted octanol–water partition coefficient (Wildman–Crippen LogP) is 2.72. The Balaban J connectivity index is 3.81. The maximum absolute atomic E-state index is 5.35. The summed E-state index contributed by atoms with van der Waals surface area (Å²) in [5, 5.41) is 0. The van der Waals surface area contributed by atoms with Crippen LogP contribution in [0, 0.1) is 11.3 Å². The molecule has 1 atom stereocenters. The minimum atomic E-state index is 0.313. The van der Waals surface area contributed by atoms with Gasteiger partial charge in [0.2, 0.25) is 0 Å². The van der Waals surface area contributed by atoms with E-state index < -0.39 is 0 Å². The third kappa shape index (κ3) is 6.05. The Morgan fingerprint density at radius 2 is 1.85 bits per heavy atom. The lowest BCUT2D eigenvalue weighted by Gasteiger charge is -2.30. The predicted molar refractivity (Wildman–Crippen MR) is 55.9 cm³/mol. The molecular weight excluding hydrogens is 164 g/mol. The summed E-state index contributed by atoms with van der Waals surface area (Å²) in [7, 11) is 1.76. The second-order valence-corrected chi connectivity index (χ2v) is 4.50. The molecule has 80 valence electrons. The fourth-order valence-corrected chi connectivity index (χ4v) is 1.34. The van der Waals surface area contributed by atoms with Gasteiger partial charge in [0.15, 0.2) is 0 Å². The largest absolute Gasteiger partial charge is 0.384 e. The number of ether oxygens (including phenoxy) is 2. The van der Waals surface area contributed by atoms with Crippen LogP contribution in [-0.4, -0.2) is 26.9 Å². The van der Waals surface area contributed by atoms with Crippen molar-refractivity contribution < 1.29 is 9.47 Å². The van der Waals surface area contributed by atoms with Crippen LogP contribution in [-0.2, 0) is 9.47 Å². The molecule has 0 aromatic rings. The van der Waals surface area contributed by atoms with Gasteiger partial charge in [0, 0.05) is 26.9 Å². The van der Waals surface area contributed by atoms with Crippen molar-refractivity contribution in [2.24, 2.45) is 11.3 Å². The normalized spacial score (nSPS) is 14.5. The van der Waals surface area contributed by atoms with E-state index in [0.717, 1.165) is 26.2 Å². The van der Waals surface area contributed by atoms with Crippen LogP contribution in [0.15, 0.2) is 0 Å². The molecule has 0 N–H and O–H groups in total. The number of hydrogen-bond acceptors (Lipinski definition) is 2. The molecule has 0 saturated heterocycles. The number of rotatable bonds is 6. The summed E-state index contributed by atoms with van der Waals surface area (Å²) in [6.07, 6.45) is 1.09. The molecule has 13 heavy (non-hydrogen) atoms. The summed E-state index contributed by atoms with van der Waals surface area (Å²) in [6.45, 7) is 11.3.